The molecule has 20 heavy (non-hydrogen) atoms. The topological polar surface area (TPSA) is 59.6 Å². The molecular weight excluding hydrogens is 280 g/mol. The number of rotatable bonds is 4. The smallest absolute Gasteiger partial charge is 0.229 e. The maximum Gasteiger partial charge on any atom is 0.229 e. The van der Waals surface area contributed by atoms with Crippen molar-refractivity contribution >= 4 is 23.2 Å². The quantitative estimate of drug-likeness (QED) is 0.895. The molecule has 1 aliphatic rings. The minimum Gasteiger partial charge on any atom is -0.495 e. The predicted octanol–water partition coefficient (Wildman–Crippen LogP) is 2.29. The second kappa shape index (κ2) is 6.33. The summed E-state index contributed by atoms with van der Waals surface area (Å²) in [6.07, 6.45) is 0.833. The van der Waals surface area contributed by atoms with E-state index in [2.05, 4.69) is 10.6 Å². The van der Waals surface area contributed by atoms with E-state index in [9.17, 15) is 4.79 Å². The van der Waals surface area contributed by atoms with Gasteiger partial charge in [0.25, 0.3) is 0 Å². The molecule has 5 nitrogen and oxygen atoms in total. The molecule has 2 N–H and O–H groups in total. The fourth-order valence-electron chi connectivity index (χ4n) is 2.40. The number of methoxy groups -OCH3 is 2. The first-order valence-corrected chi connectivity index (χ1v) is 6.90. The van der Waals surface area contributed by atoms with Crippen LogP contribution in [0.15, 0.2) is 12.1 Å². The highest BCUT2D eigenvalue weighted by molar-refractivity contribution is 6.32. The Kier molecular flexibility index (Phi) is 4.73. The van der Waals surface area contributed by atoms with Crippen LogP contribution in [0, 0.1) is 5.92 Å². The number of carbonyl (C=O) groups is 1. The van der Waals surface area contributed by atoms with Gasteiger partial charge in [0.15, 0.2) is 0 Å². The average Bonchev–Trinajstić information content (AvgIpc) is 2.86. The molecule has 0 saturated carbocycles. The lowest BCUT2D eigenvalue weighted by Crippen LogP contribution is -2.32. The van der Waals surface area contributed by atoms with Gasteiger partial charge in [0, 0.05) is 18.2 Å². The molecule has 2 atom stereocenters. The minimum atomic E-state index is -0.0404. The third-order valence-electron chi connectivity index (χ3n) is 3.59. The maximum atomic E-state index is 12.3. The second-order valence-electron chi connectivity index (χ2n) is 4.81. The van der Waals surface area contributed by atoms with E-state index in [0.29, 0.717) is 22.2 Å². The van der Waals surface area contributed by atoms with Crippen LogP contribution in [-0.2, 0) is 4.79 Å². The summed E-state index contributed by atoms with van der Waals surface area (Å²) in [6, 6.07) is 3.48. The first-order valence-electron chi connectivity index (χ1n) is 6.52. The first kappa shape index (κ1) is 14.9. The highest BCUT2D eigenvalue weighted by Gasteiger charge is 2.30. The van der Waals surface area contributed by atoms with Crippen LogP contribution in [-0.4, -0.2) is 32.7 Å². The molecule has 1 aromatic carbocycles. The zero-order valence-corrected chi connectivity index (χ0v) is 12.6. The minimum absolute atomic E-state index is 0.0230. The zero-order valence-electron chi connectivity index (χ0n) is 11.8. The third kappa shape index (κ3) is 2.99. The summed E-state index contributed by atoms with van der Waals surface area (Å²) in [7, 11) is 3.07. The van der Waals surface area contributed by atoms with E-state index in [1.807, 2.05) is 6.92 Å². The van der Waals surface area contributed by atoms with Crippen LogP contribution in [0.5, 0.6) is 11.5 Å². The molecule has 0 aliphatic carbocycles. The standard InChI is InChI=1S/C14H19ClN2O3/c1-8-9(4-5-16-8)14(18)17-11-7-12(19-2)10(15)6-13(11)20-3/h6-9,16H,4-5H2,1-3H3,(H,17,18). The summed E-state index contributed by atoms with van der Waals surface area (Å²) < 4.78 is 10.4. The van der Waals surface area contributed by atoms with Gasteiger partial charge in [-0.1, -0.05) is 11.6 Å². The number of hydrogen-bond acceptors (Lipinski definition) is 4. The molecule has 1 heterocycles. The van der Waals surface area contributed by atoms with Crippen molar-refractivity contribution in [2.24, 2.45) is 5.92 Å². The number of halogens is 1. The zero-order chi connectivity index (χ0) is 14.7. The summed E-state index contributed by atoms with van der Waals surface area (Å²) in [4.78, 5) is 12.3. The largest absolute Gasteiger partial charge is 0.495 e. The van der Waals surface area contributed by atoms with E-state index >= 15 is 0 Å². The molecule has 1 amide bonds. The highest BCUT2D eigenvalue weighted by atomic mass is 35.5. The third-order valence-corrected chi connectivity index (χ3v) is 3.89. The van der Waals surface area contributed by atoms with E-state index in [1.165, 1.54) is 14.2 Å². The van der Waals surface area contributed by atoms with Crippen molar-refractivity contribution in [3.63, 3.8) is 0 Å². The number of nitrogens with one attached hydrogen (secondary N) is 2. The molecule has 1 saturated heterocycles. The van der Waals surface area contributed by atoms with Crippen LogP contribution < -0.4 is 20.1 Å². The van der Waals surface area contributed by atoms with Crippen LogP contribution in [0.1, 0.15) is 13.3 Å². The van der Waals surface area contributed by atoms with Crippen molar-refractivity contribution in [2.75, 3.05) is 26.1 Å². The van der Waals surface area contributed by atoms with Crippen LogP contribution in [0.4, 0.5) is 5.69 Å². The molecule has 110 valence electrons. The number of anilines is 1. The van der Waals surface area contributed by atoms with E-state index in [4.69, 9.17) is 21.1 Å². The van der Waals surface area contributed by atoms with Crippen molar-refractivity contribution in [3.05, 3.63) is 17.2 Å². The van der Waals surface area contributed by atoms with Gasteiger partial charge in [-0.3, -0.25) is 4.79 Å². The summed E-state index contributed by atoms with van der Waals surface area (Å²) in [5.74, 6) is 0.953. The Hall–Kier alpha value is -1.46. The number of ether oxygens (including phenoxy) is 2. The molecule has 0 aromatic heterocycles. The van der Waals surface area contributed by atoms with Crippen molar-refractivity contribution in [1.82, 2.24) is 5.32 Å². The van der Waals surface area contributed by atoms with Gasteiger partial charge in [-0.15, -0.1) is 0 Å². The number of hydrogen-bond donors (Lipinski definition) is 2. The Labute approximate surface area is 123 Å². The Bertz CT molecular complexity index is 507. The predicted molar refractivity (Wildman–Crippen MR) is 78.8 cm³/mol. The number of amides is 1. The molecule has 1 fully saturated rings. The molecule has 6 heteroatoms. The molecule has 1 aromatic rings. The lowest BCUT2D eigenvalue weighted by atomic mass is 10.0. The van der Waals surface area contributed by atoms with Gasteiger partial charge >= 0.3 is 0 Å². The van der Waals surface area contributed by atoms with Crippen molar-refractivity contribution in [1.29, 1.82) is 0 Å². The van der Waals surface area contributed by atoms with Crippen molar-refractivity contribution in [3.8, 4) is 11.5 Å². The van der Waals surface area contributed by atoms with Crippen LogP contribution in [0.2, 0.25) is 5.02 Å². The van der Waals surface area contributed by atoms with Gasteiger partial charge in [0.1, 0.15) is 11.5 Å². The van der Waals surface area contributed by atoms with Crippen LogP contribution in [0.3, 0.4) is 0 Å². The summed E-state index contributed by atoms with van der Waals surface area (Å²) in [6.45, 7) is 2.87. The first-order chi connectivity index (χ1) is 9.56. The van der Waals surface area contributed by atoms with E-state index < -0.39 is 0 Å². The Morgan fingerprint density at radius 3 is 2.60 bits per heavy atom. The molecule has 0 radical (unpaired) electrons. The normalized spacial score (nSPS) is 21.6. The summed E-state index contributed by atoms with van der Waals surface area (Å²) in [5, 5.41) is 6.59. The lowest BCUT2D eigenvalue weighted by molar-refractivity contribution is -0.120. The van der Waals surface area contributed by atoms with Crippen molar-refractivity contribution in [2.45, 2.75) is 19.4 Å². The monoisotopic (exact) mass is 298 g/mol. The van der Waals surface area contributed by atoms with Gasteiger partial charge in [-0.25, -0.2) is 0 Å². The van der Waals surface area contributed by atoms with Gasteiger partial charge in [-0.05, 0) is 19.9 Å². The fourth-order valence-corrected chi connectivity index (χ4v) is 2.63. The van der Waals surface area contributed by atoms with Crippen LogP contribution >= 0.6 is 11.6 Å². The Morgan fingerprint density at radius 1 is 1.35 bits per heavy atom. The molecule has 1 aliphatic heterocycles. The highest BCUT2D eigenvalue weighted by Crippen LogP contribution is 2.36. The fraction of sp³-hybridized carbons (Fsp3) is 0.500. The second-order valence-corrected chi connectivity index (χ2v) is 5.22. The summed E-state index contributed by atoms with van der Waals surface area (Å²) >= 11 is 6.04. The van der Waals surface area contributed by atoms with E-state index in [-0.39, 0.29) is 17.9 Å². The van der Waals surface area contributed by atoms with E-state index in [1.54, 1.807) is 12.1 Å². The molecule has 0 spiro atoms. The maximum absolute atomic E-state index is 12.3. The Morgan fingerprint density at radius 2 is 2.05 bits per heavy atom. The van der Waals surface area contributed by atoms with Gasteiger partial charge in [0.05, 0.1) is 30.8 Å². The number of benzene rings is 1. The molecule has 2 rings (SSSR count). The molecule has 2 unspecified atom stereocenters. The van der Waals surface area contributed by atoms with Gasteiger partial charge in [-0.2, -0.15) is 0 Å². The van der Waals surface area contributed by atoms with E-state index in [0.717, 1.165) is 13.0 Å². The Balaban J connectivity index is 2.21. The van der Waals surface area contributed by atoms with Crippen molar-refractivity contribution < 1.29 is 14.3 Å². The number of carbonyl (C=O) groups excluding carboxylic acids is 1. The van der Waals surface area contributed by atoms with Gasteiger partial charge in [0.2, 0.25) is 5.91 Å². The average molecular weight is 299 g/mol. The van der Waals surface area contributed by atoms with Crippen LogP contribution in [0.25, 0.3) is 0 Å². The SMILES string of the molecule is COc1cc(NC(=O)C2CCNC2C)c(OC)cc1Cl. The molecule has 0 bridgehead atoms. The summed E-state index contributed by atoms with van der Waals surface area (Å²) in [5.41, 5.74) is 0.567. The molecular formula is C14H19ClN2O3. The lowest BCUT2D eigenvalue weighted by Gasteiger charge is -2.17. The van der Waals surface area contributed by atoms with Gasteiger partial charge < -0.3 is 20.1 Å².